The minimum atomic E-state index is 0.211. The van der Waals surface area contributed by atoms with Crippen LogP contribution in [0.15, 0.2) is 17.5 Å². The summed E-state index contributed by atoms with van der Waals surface area (Å²) < 4.78 is 10.3. The molecule has 6 heteroatoms. The molecule has 0 aliphatic carbocycles. The molecule has 0 bridgehead atoms. The Morgan fingerprint density at radius 2 is 2.09 bits per heavy atom. The number of rotatable bonds is 9. The summed E-state index contributed by atoms with van der Waals surface area (Å²) in [5.74, 6) is 0.211. The first-order valence-electron chi connectivity index (χ1n) is 7.79. The molecular weight excluding hydrogens is 300 g/mol. The number of carbonyl (C=O) groups is 1. The Kier molecular flexibility index (Phi) is 7.32. The fourth-order valence-corrected chi connectivity index (χ4v) is 3.71. The number of carbonyl (C=O) groups excluding carboxylic acids is 1. The largest absolute Gasteiger partial charge is 0.383 e. The predicted molar refractivity (Wildman–Crippen MR) is 88.2 cm³/mol. The third kappa shape index (κ3) is 4.78. The van der Waals surface area contributed by atoms with Crippen LogP contribution in [0.4, 0.5) is 0 Å². The molecule has 0 saturated carbocycles. The minimum Gasteiger partial charge on any atom is -0.383 e. The molecule has 1 saturated heterocycles. The Bertz CT molecular complexity index is 431. The van der Waals surface area contributed by atoms with Gasteiger partial charge in [0.15, 0.2) is 0 Å². The molecule has 1 atom stereocenters. The first-order chi connectivity index (χ1) is 10.8. The Labute approximate surface area is 136 Å². The zero-order valence-corrected chi connectivity index (χ0v) is 14.3. The summed E-state index contributed by atoms with van der Waals surface area (Å²) in [5.41, 5.74) is 0. The van der Waals surface area contributed by atoms with Crippen LogP contribution in [-0.2, 0) is 14.3 Å². The van der Waals surface area contributed by atoms with Crippen molar-refractivity contribution < 1.29 is 14.3 Å². The zero-order valence-electron chi connectivity index (χ0n) is 13.5. The van der Waals surface area contributed by atoms with Crippen molar-refractivity contribution in [1.82, 2.24) is 9.80 Å². The van der Waals surface area contributed by atoms with Gasteiger partial charge < -0.3 is 14.4 Å². The Balaban J connectivity index is 1.93. The summed E-state index contributed by atoms with van der Waals surface area (Å²) in [7, 11) is 3.37. The van der Waals surface area contributed by atoms with Crippen molar-refractivity contribution in [3.05, 3.63) is 22.4 Å². The van der Waals surface area contributed by atoms with Crippen LogP contribution in [-0.4, -0.2) is 69.3 Å². The van der Waals surface area contributed by atoms with Crippen molar-refractivity contribution in [2.45, 2.75) is 18.9 Å². The first-order valence-corrected chi connectivity index (χ1v) is 8.67. The first kappa shape index (κ1) is 17.4. The molecule has 1 unspecified atom stereocenters. The van der Waals surface area contributed by atoms with Gasteiger partial charge in [-0.3, -0.25) is 9.69 Å². The molecule has 1 aromatic rings. The number of methoxy groups -OCH3 is 2. The molecule has 0 aromatic carbocycles. The molecule has 1 aromatic heterocycles. The molecule has 1 aliphatic heterocycles. The van der Waals surface area contributed by atoms with Gasteiger partial charge in [-0.05, 0) is 24.3 Å². The third-order valence-electron chi connectivity index (χ3n) is 4.03. The fourth-order valence-electron chi connectivity index (χ4n) is 2.83. The number of hydrogen-bond donors (Lipinski definition) is 0. The second-order valence-electron chi connectivity index (χ2n) is 5.52. The number of amides is 1. The predicted octanol–water partition coefficient (Wildman–Crippen LogP) is 2.01. The number of thiophene rings is 1. The molecule has 1 aliphatic rings. The van der Waals surface area contributed by atoms with Gasteiger partial charge in [0, 0.05) is 38.7 Å². The lowest BCUT2D eigenvalue weighted by Gasteiger charge is -2.28. The maximum absolute atomic E-state index is 12.7. The van der Waals surface area contributed by atoms with Crippen LogP contribution in [0.5, 0.6) is 0 Å². The van der Waals surface area contributed by atoms with Gasteiger partial charge in [-0.15, -0.1) is 11.3 Å². The highest BCUT2D eigenvalue weighted by Crippen LogP contribution is 2.34. The molecule has 5 nitrogen and oxygen atoms in total. The van der Waals surface area contributed by atoms with Gasteiger partial charge in [0.1, 0.15) is 0 Å². The summed E-state index contributed by atoms with van der Waals surface area (Å²) in [5, 5.41) is 2.08. The maximum Gasteiger partial charge on any atom is 0.237 e. The zero-order chi connectivity index (χ0) is 15.8. The average molecular weight is 326 g/mol. The highest BCUT2D eigenvalue weighted by molar-refractivity contribution is 7.10. The number of hydrogen-bond acceptors (Lipinski definition) is 5. The summed E-state index contributed by atoms with van der Waals surface area (Å²) in [4.78, 5) is 18.1. The minimum absolute atomic E-state index is 0.211. The molecule has 1 fully saturated rings. The Morgan fingerprint density at radius 3 is 2.68 bits per heavy atom. The van der Waals surface area contributed by atoms with Crippen LogP contribution in [0.25, 0.3) is 0 Å². The highest BCUT2D eigenvalue weighted by atomic mass is 32.1. The van der Waals surface area contributed by atoms with E-state index < -0.39 is 0 Å². The van der Waals surface area contributed by atoms with Crippen LogP contribution in [0, 0.1) is 0 Å². The van der Waals surface area contributed by atoms with Crippen molar-refractivity contribution in [2.75, 3.05) is 53.6 Å². The Morgan fingerprint density at radius 1 is 1.36 bits per heavy atom. The number of nitrogens with zero attached hydrogens (tertiary/aromatic N) is 2. The van der Waals surface area contributed by atoms with E-state index in [0.717, 1.165) is 32.5 Å². The molecule has 0 N–H and O–H groups in total. The molecule has 0 radical (unpaired) electrons. The molecular formula is C16H26N2O3S. The molecule has 22 heavy (non-hydrogen) atoms. The summed E-state index contributed by atoms with van der Waals surface area (Å²) >= 11 is 1.74. The van der Waals surface area contributed by atoms with Gasteiger partial charge in [-0.2, -0.15) is 0 Å². The van der Waals surface area contributed by atoms with Crippen LogP contribution >= 0.6 is 11.3 Å². The van der Waals surface area contributed by atoms with Gasteiger partial charge in [-0.1, -0.05) is 6.07 Å². The van der Waals surface area contributed by atoms with Crippen LogP contribution in [0.2, 0.25) is 0 Å². The maximum atomic E-state index is 12.7. The number of likely N-dealkylation sites (tertiary alicyclic amines) is 1. The van der Waals surface area contributed by atoms with E-state index in [2.05, 4.69) is 22.4 Å². The lowest BCUT2D eigenvalue weighted by molar-refractivity contribution is -0.133. The Hall–Kier alpha value is -0.950. The van der Waals surface area contributed by atoms with Gasteiger partial charge in [0.25, 0.3) is 0 Å². The van der Waals surface area contributed by atoms with Crippen molar-refractivity contribution in [2.24, 2.45) is 0 Å². The van der Waals surface area contributed by atoms with E-state index in [0.29, 0.717) is 19.8 Å². The van der Waals surface area contributed by atoms with Crippen LogP contribution < -0.4 is 0 Å². The van der Waals surface area contributed by atoms with E-state index in [1.807, 2.05) is 4.90 Å². The van der Waals surface area contributed by atoms with E-state index >= 15 is 0 Å². The van der Waals surface area contributed by atoms with Crippen molar-refractivity contribution in [3.63, 3.8) is 0 Å². The summed E-state index contributed by atoms with van der Waals surface area (Å²) in [6.07, 6.45) is 2.16. The van der Waals surface area contributed by atoms with E-state index in [1.165, 1.54) is 4.88 Å². The summed E-state index contributed by atoms with van der Waals surface area (Å²) in [6.45, 7) is 4.07. The third-order valence-corrected chi connectivity index (χ3v) is 5.00. The molecule has 2 heterocycles. The molecule has 0 spiro atoms. The average Bonchev–Trinajstić information content (AvgIpc) is 3.19. The van der Waals surface area contributed by atoms with E-state index in [-0.39, 0.29) is 11.9 Å². The second kappa shape index (κ2) is 9.25. The standard InChI is InChI=1S/C16H26N2O3S/c1-20-10-8-17(9-11-21-2)13-16(19)18-7-3-5-14(18)15-6-4-12-22-15/h4,6,12,14H,3,5,7-11,13H2,1-2H3. The van der Waals surface area contributed by atoms with Crippen LogP contribution in [0.1, 0.15) is 23.8 Å². The van der Waals surface area contributed by atoms with E-state index in [9.17, 15) is 4.79 Å². The van der Waals surface area contributed by atoms with Crippen molar-refractivity contribution >= 4 is 17.2 Å². The topological polar surface area (TPSA) is 42.0 Å². The quantitative estimate of drug-likeness (QED) is 0.696. The van der Waals surface area contributed by atoms with Gasteiger partial charge >= 0.3 is 0 Å². The summed E-state index contributed by atoms with van der Waals surface area (Å²) in [6, 6.07) is 4.46. The van der Waals surface area contributed by atoms with E-state index in [1.54, 1.807) is 25.6 Å². The van der Waals surface area contributed by atoms with Crippen molar-refractivity contribution in [1.29, 1.82) is 0 Å². The van der Waals surface area contributed by atoms with Gasteiger partial charge in [-0.25, -0.2) is 0 Å². The monoisotopic (exact) mass is 326 g/mol. The molecule has 2 rings (SSSR count). The van der Waals surface area contributed by atoms with Crippen LogP contribution in [0.3, 0.4) is 0 Å². The van der Waals surface area contributed by atoms with Gasteiger partial charge in [0.2, 0.25) is 5.91 Å². The lowest BCUT2D eigenvalue weighted by atomic mass is 10.2. The molecule has 124 valence electrons. The number of ether oxygens (including phenoxy) is 2. The fraction of sp³-hybridized carbons (Fsp3) is 0.688. The van der Waals surface area contributed by atoms with Gasteiger partial charge in [0.05, 0.1) is 25.8 Å². The normalized spacial score (nSPS) is 18.3. The molecule has 1 amide bonds. The SMILES string of the molecule is COCCN(CCOC)CC(=O)N1CCCC1c1cccs1. The second-order valence-corrected chi connectivity index (χ2v) is 6.50. The lowest BCUT2D eigenvalue weighted by Crippen LogP contribution is -2.42. The van der Waals surface area contributed by atoms with Crippen molar-refractivity contribution in [3.8, 4) is 0 Å². The van der Waals surface area contributed by atoms with E-state index in [4.69, 9.17) is 9.47 Å². The smallest absolute Gasteiger partial charge is 0.237 e. The highest BCUT2D eigenvalue weighted by Gasteiger charge is 2.31.